The lowest BCUT2D eigenvalue weighted by Crippen LogP contribution is -2.37. The van der Waals surface area contributed by atoms with Crippen molar-refractivity contribution in [1.29, 1.82) is 0 Å². The van der Waals surface area contributed by atoms with Crippen molar-refractivity contribution < 1.29 is 37.3 Å². The lowest BCUT2D eigenvalue weighted by atomic mass is 10.0. The van der Waals surface area contributed by atoms with Crippen LogP contribution in [0.15, 0.2) is 24.5 Å². The number of likely N-dealkylation sites (N-methyl/N-ethyl adjacent to an activating group) is 1. The summed E-state index contributed by atoms with van der Waals surface area (Å²) < 4.78 is 34.6. The van der Waals surface area contributed by atoms with Gasteiger partial charge in [-0.2, -0.15) is 0 Å². The molecule has 0 bridgehead atoms. The number of phosphoric ester groups is 1. The summed E-state index contributed by atoms with van der Waals surface area (Å²) in [7, 11) is 1.62. The molecular weight excluding hydrogens is 661 g/mol. The first-order valence-corrected chi connectivity index (χ1v) is 22.6. The normalized spacial score (nSPS) is 14.0. The lowest BCUT2D eigenvalue weighted by Gasteiger charge is -2.24. The average Bonchev–Trinajstić information content (AvgIpc) is 3.08. The van der Waals surface area contributed by atoms with Crippen LogP contribution >= 0.6 is 7.82 Å². The molecule has 51 heavy (non-hydrogen) atoms. The monoisotopic (exact) mass is 745 g/mol. The van der Waals surface area contributed by atoms with Gasteiger partial charge in [-0.1, -0.05) is 161 Å². The van der Waals surface area contributed by atoms with E-state index in [2.05, 4.69) is 19.9 Å². The van der Waals surface area contributed by atoms with Crippen molar-refractivity contribution in [2.45, 2.75) is 193 Å². The van der Waals surface area contributed by atoms with E-state index in [1.54, 1.807) is 6.26 Å². The number of hydrogen-bond donors (Lipinski definition) is 1. The van der Waals surface area contributed by atoms with Crippen molar-refractivity contribution >= 4 is 13.8 Å². The number of hydrogen-bond acceptors (Lipinski definition) is 6. The van der Waals surface area contributed by atoms with E-state index in [-0.39, 0.29) is 32.2 Å². The molecule has 9 heteroatoms. The highest BCUT2D eigenvalue weighted by molar-refractivity contribution is 7.47. The van der Waals surface area contributed by atoms with E-state index >= 15 is 0 Å². The lowest BCUT2D eigenvalue weighted by molar-refractivity contribution is -0.870. The van der Waals surface area contributed by atoms with Crippen LogP contribution in [0.3, 0.4) is 0 Å². The van der Waals surface area contributed by atoms with Gasteiger partial charge in [-0.05, 0) is 38.2 Å². The Bertz CT molecular complexity index is 874. The Balaban J connectivity index is 4.34. The molecule has 0 aliphatic carbocycles. The first-order valence-electron chi connectivity index (χ1n) is 21.1. The molecule has 0 aromatic carbocycles. The van der Waals surface area contributed by atoms with Crippen molar-refractivity contribution in [2.75, 3.05) is 47.5 Å². The molecule has 0 rings (SSSR count). The van der Waals surface area contributed by atoms with Crippen molar-refractivity contribution in [1.82, 2.24) is 0 Å². The van der Waals surface area contributed by atoms with Crippen molar-refractivity contribution in [2.24, 2.45) is 0 Å². The van der Waals surface area contributed by atoms with Gasteiger partial charge in [0.25, 0.3) is 0 Å². The fourth-order valence-electron chi connectivity index (χ4n) is 5.77. The second-order valence-corrected chi connectivity index (χ2v) is 16.9. The second kappa shape index (κ2) is 35.8. The first kappa shape index (κ1) is 49.8. The number of allylic oxidation sites excluding steroid dienone is 3. The minimum absolute atomic E-state index is 0.0360. The van der Waals surface area contributed by atoms with Crippen LogP contribution in [-0.2, 0) is 27.9 Å². The topological polar surface area (TPSA) is 91.3 Å². The highest BCUT2D eigenvalue weighted by atomic mass is 31.2. The fourth-order valence-corrected chi connectivity index (χ4v) is 6.51. The summed E-state index contributed by atoms with van der Waals surface area (Å²) in [6, 6.07) is 0. The number of rotatable bonds is 39. The molecule has 302 valence electrons. The third-order valence-corrected chi connectivity index (χ3v) is 10.1. The molecule has 1 N–H and O–H groups in total. The fraction of sp³-hybridized carbons (Fsp3) is 0.881. The van der Waals surface area contributed by atoms with Crippen LogP contribution in [0, 0.1) is 0 Å². The number of carbonyl (C=O) groups is 1. The zero-order chi connectivity index (χ0) is 37.7. The van der Waals surface area contributed by atoms with Crippen LogP contribution in [0.5, 0.6) is 0 Å². The van der Waals surface area contributed by atoms with Gasteiger partial charge >= 0.3 is 13.8 Å². The molecule has 8 nitrogen and oxygen atoms in total. The van der Waals surface area contributed by atoms with Gasteiger partial charge in [-0.25, -0.2) is 4.57 Å². The van der Waals surface area contributed by atoms with E-state index in [4.69, 9.17) is 18.5 Å². The van der Waals surface area contributed by atoms with Crippen LogP contribution in [0.1, 0.15) is 187 Å². The van der Waals surface area contributed by atoms with E-state index in [9.17, 15) is 14.3 Å². The Morgan fingerprint density at radius 1 is 0.608 bits per heavy atom. The predicted octanol–water partition coefficient (Wildman–Crippen LogP) is 12.4. The van der Waals surface area contributed by atoms with Gasteiger partial charge in [0.15, 0.2) is 6.10 Å². The second-order valence-electron chi connectivity index (χ2n) is 15.4. The van der Waals surface area contributed by atoms with Gasteiger partial charge in [0.2, 0.25) is 0 Å². The molecule has 1 unspecified atom stereocenters. The number of quaternary nitrogens is 1. The summed E-state index contributed by atoms with van der Waals surface area (Å²) in [5.74, 6) is -0.384. The molecule has 0 amide bonds. The van der Waals surface area contributed by atoms with E-state index in [1.807, 2.05) is 33.3 Å². The minimum Gasteiger partial charge on any atom is -0.498 e. The first-order chi connectivity index (χ1) is 24.6. The summed E-state index contributed by atoms with van der Waals surface area (Å²) in [5.41, 5.74) is 0. The Morgan fingerprint density at radius 2 is 1.04 bits per heavy atom. The number of esters is 1. The van der Waals surface area contributed by atoms with Crippen LogP contribution < -0.4 is 0 Å². The maximum absolute atomic E-state index is 12.6. The number of carbonyl (C=O) groups excluding carboxylic acids is 1. The summed E-state index contributed by atoms with van der Waals surface area (Å²) in [5, 5.41) is 0. The van der Waals surface area contributed by atoms with Crippen molar-refractivity contribution in [3.63, 3.8) is 0 Å². The Kier molecular flexibility index (Phi) is 35.0. The summed E-state index contributed by atoms with van der Waals surface area (Å²) in [6.45, 7) is 4.90. The quantitative estimate of drug-likeness (QED) is 0.0167. The van der Waals surface area contributed by atoms with Gasteiger partial charge in [-0.15, -0.1) is 0 Å². The van der Waals surface area contributed by atoms with Crippen molar-refractivity contribution in [3.8, 4) is 0 Å². The number of unbranched alkanes of at least 4 members (excludes halogenated alkanes) is 23. The molecule has 0 heterocycles. The molecule has 0 aliphatic heterocycles. The van der Waals surface area contributed by atoms with Gasteiger partial charge < -0.3 is 18.9 Å². The van der Waals surface area contributed by atoms with Crippen LogP contribution in [-0.4, -0.2) is 69.0 Å². The highest BCUT2D eigenvalue weighted by Gasteiger charge is 2.26. The molecule has 0 saturated heterocycles. The maximum atomic E-state index is 12.6. The van der Waals surface area contributed by atoms with E-state index in [0.29, 0.717) is 17.4 Å². The largest absolute Gasteiger partial charge is 0.498 e. The summed E-state index contributed by atoms with van der Waals surface area (Å²) >= 11 is 0. The van der Waals surface area contributed by atoms with Crippen molar-refractivity contribution in [3.05, 3.63) is 24.5 Å². The van der Waals surface area contributed by atoms with E-state index < -0.39 is 13.9 Å². The van der Waals surface area contributed by atoms with Crippen LogP contribution in [0.2, 0.25) is 0 Å². The highest BCUT2D eigenvalue weighted by Crippen LogP contribution is 2.43. The van der Waals surface area contributed by atoms with E-state index in [0.717, 1.165) is 19.3 Å². The zero-order valence-electron chi connectivity index (χ0n) is 34.1. The smallest absolute Gasteiger partial charge is 0.472 e. The molecule has 0 aromatic rings. The standard InChI is InChI=1S/C42H82NO7P/c1-6-8-10-12-14-16-18-20-22-23-25-27-29-31-33-35-42(44)50-41(40-49-51(45,46)48-38-36-43(3,4)5)39-47-37-34-32-30-28-26-24-21-19-17-15-13-11-9-7-2/h29,31,34,37,41H,6-28,30,32-33,35-36,38-40H2,1-5H3/p+1/b31-29+,37-34+/t41-/m1/s1. The third kappa shape index (κ3) is 39.9. The molecule has 0 aliphatic rings. The van der Waals surface area contributed by atoms with Gasteiger partial charge in [0, 0.05) is 6.42 Å². The van der Waals surface area contributed by atoms with Crippen LogP contribution in [0.25, 0.3) is 0 Å². The van der Waals surface area contributed by atoms with E-state index in [1.165, 1.54) is 141 Å². The molecule has 0 saturated carbocycles. The summed E-state index contributed by atoms with van der Waals surface area (Å²) in [6.07, 6.45) is 40.3. The Morgan fingerprint density at radius 3 is 1.51 bits per heavy atom. The third-order valence-electron chi connectivity index (χ3n) is 9.09. The number of nitrogens with zero attached hydrogens (tertiary/aromatic N) is 1. The van der Waals surface area contributed by atoms with Gasteiger partial charge in [0.1, 0.15) is 19.8 Å². The zero-order valence-corrected chi connectivity index (χ0v) is 35.0. The van der Waals surface area contributed by atoms with Gasteiger partial charge in [-0.3, -0.25) is 13.8 Å². The average molecular weight is 745 g/mol. The molecule has 0 radical (unpaired) electrons. The predicted molar refractivity (Wildman–Crippen MR) is 215 cm³/mol. The summed E-state index contributed by atoms with van der Waals surface area (Å²) in [4.78, 5) is 22.8. The molecule has 0 spiro atoms. The SMILES string of the molecule is CCCCCCCCCCCCC/C=C/CCC(=O)O[C@H](CO/C=C/CCCCCCCCCCCCCC)COP(=O)(O)OCC[N+](C)(C)C. The Hall–Kier alpha value is -1.18. The molecule has 2 atom stereocenters. The Labute approximate surface area is 315 Å². The maximum Gasteiger partial charge on any atom is 0.472 e. The minimum atomic E-state index is -4.29. The molecule has 0 fully saturated rings. The van der Waals surface area contributed by atoms with Crippen LogP contribution in [0.4, 0.5) is 0 Å². The number of ether oxygens (including phenoxy) is 2. The van der Waals surface area contributed by atoms with Gasteiger partial charge in [0.05, 0.1) is 34.0 Å². The molecule has 0 aromatic heterocycles. The molecular formula is C42H83NO7P+. The number of phosphoric acid groups is 1.